The first-order chi connectivity index (χ1) is 10.6. The van der Waals surface area contributed by atoms with Crippen molar-refractivity contribution in [3.8, 4) is 0 Å². The van der Waals surface area contributed by atoms with Crippen LogP contribution in [-0.2, 0) is 17.8 Å². The third-order valence-corrected chi connectivity index (χ3v) is 4.71. The molecule has 7 heteroatoms. The van der Waals surface area contributed by atoms with E-state index in [2.05, 4.69) is 11.4 Å². The number of thiophene rings is 1. The molecular weight excluding hydrogens is 302 g/mol. The number of carbonyl (C=O) groups is 1. The van der Waals surface area contributed by atoms with Gasteiger partial charge in [0.05, 0.1) is 11.5 Å². The van der Waals surface area contributed by atoms with Crippen LogP contribution in [0.2, 0.25) is 0 Å². The molecule has 1 aromatic heterocycles. The summed E-state index contributed by atoms with van der Waals surface area (Å²) in [4.78, 5) is 25.9. The zero-order chi connectivity index (χ0) is 15.5. The van der Waals surface area contributed by atoms with Gasteiger partial charge < -0.3 is 10.2 Å². The largest absolute Gasteiger partial charge is 0.371 e. The summed E-state index contributed by atoms with van der Waals surface area (Å²) in [5, 5.41) is 15.9. The quantitative estimate of drug-likeness (QED) is 0.695. The Morgan fingerprint density at radius 2 is 2.18 bits per heavy atom. The van der Waals surface area contributed by atoms with Crippen LogP contribution in [0.4, 0.5) is 11.4 Å². The maximum absolute atomic E-state index is 12.3. The molecule has 1 amide bonds. The molecule has 22 heavy (non-hydrogen) atoms. The molecule has 1 aliphatic heterocycles. The lowest BCUT2D eigenvalue weighted by Crippen LogP contribution is -2.38. The highest BCUT2D eigenvalue weighted by Crippen LogP contribution is 2.25. The van der Waals surface area contributed by atoms with Gasteiger partial charge in [-0.25, -0.2) is 0 Å². The Bertz CT molecular complexity index is 714. The lowest BCUT2D eigenvalue weighted by Gasteiger charge is -2.27. The first-order valence-electron chi connectivity index (χ1n) is 6.95. The van der Waals surface area contributed by atoms with Crippen LogP contribution in [0.5, 0.6) is 0 Å². The average molecular weight is 317 g/mol. The Kier molecular flexibility index (Phi) is 4.06. The van der Waals surface area contributed by atoms with Crippen LogP contribution < -0.4 is 5.32 Å². The normalized spacial score (nSPS) is 13.5. The number of amides is 1. The molecule has 0 saturated carbocycles. The summed E-state index contributed by atoms with van der Waals surface area (Å²) >= 11 is 1.73. The lowest BCUT2D eigenvalue weighted by molar-refractivity contribution is -0.383. The smallest absolute Gasteiger partial charge is 0.292 e. The number of fused-ring (bicyclic) bond motifs is 1. The van der Waals surface area contributed by atoms with Gasteiger partial charge in [-0.1, -0.05) is 12.1 Å². The van der Waals surface area contributed by atoms with Gasteiger partial charge in [0.25, 0.3) is 5.69 Å². The molecule has 114 valence electrons. The molecule has 2 aromatic rings. The topological polar surface area (TPSA) is 75.5 Å². The fourth-order valence-electron chi connectivity index (χ4n) is 2.53. The minimum atomic E-state index is -0.453. The van der Waals surface area contributed by atoms with Crippen molar-refractivity contribution in [2.75, 3.05) is 18.4 Å². The van der Waals surface area contributed by atoms with Gasteiger partial charge in [0.2, 0.25) is 5.91 Å². The second-order valence-electron chi connectivity index (χ2n) is 5.06. The summed E-state index contributed by atoms with van der Waals surface area (Å²) in [5.74, 6) is -0.0463. The second-order valence-corrected chi connectivity index (χ2v) is 6.06. The molecule has 3 rings (SSSR count). The van der Waals surface area contributed by atoms with Crippen molar-refractivity contribution in [2.24, 2.45) is 0 Å². The molecule has 0 atom stereocenters. The van der Waals surface area contributed by atoms with Crippen molar-refractivity contribution in [3.05, 3.63) is 56.3 Å². The molecule has 1 N–H and O–H groups in total. The van der Waals surface area contributed by atoms with Gasteiger partial charge in [0.1, 0.15) is 5.69 Å². The molecule has 0 spiro atoms. The first-order valence-corrected chi connectivity index (χ1v) is 7.83. The predicted molar refractivity (Wildman–Crippen MR) is 85.0 cm³/mol. The highest BCUT2D eigenvalue weighted by atomic mass is 32.1. The van der Waals surface area contributed by atoms with Crippen molar-refractivity contribution in [2.45, 2.75) is 13.0 Å². The number of nitrogens with zero attached hydrogens (tertiary/aromatic N) is 2. The van der Waals surface area contributed by atoms with Crippen molar-refractivity contribution >= 4 is 28.6 Å². The molecule has 1 aliphatic rings. The Balaban J connectivity index is 1.63. The molecule has 0 aliphatic carbocycles. The average Bonchev–Trinajstić information content (AvgIpc) is 3.00. The van der Waals surface area contributed by atoms with Gasteiger partial charge in [-0.05, 0) is 29.5 Å². The third kappa shape index (κ3) is 2.94. The molecule has 6 nitrogen and oxygen atoms in total. The number of hydrogen-bond donors (Lipinski definition) is 1. The molecule has 2 heterocycles. The summed E-state index contributed by atoms with van der Waals surface area (Å²) in [6.07, 6.45) is 0.879. The van der Waals surface area contributed by atoms with Gasteiger partial charge in [-0.15, -0.1) is 11.3 Å². The number of nitrogens with one attached hydrogen (secondary N) is 1. The van der Waals surface area contributed by atoms with Crippen LogP contribution in [0.1, 0.15) is 10.4 Å². The summed E-state index contributed by atoms with van der Waals surface area (Å²) in [6.45, 7) is 1.38. The second kappa shape index (κ2) is 6.15. The van der Waals surface area contributed by atoms with E-state index in [1.807, 2.05) is 5.38 Å². The van der Waals surface area contributed by atoms with Crippen molar-refractivity contribution in [1.29, 1.82) is 0 Å². The van der Waals surface area contributed by atoms with Gasteiger partial charge in [0, 0.05) is 24.0 Å². The standard InChI is InChI=1S/C15H15N3O3S/c19-15(17-7-5-14-11(10-17)6-8-22-14)9-16-12-3-1-2-4-13(12)18(20)21/h1-4,6,8,16H,5,7,9-10H2. The molecule has 1 aromatic carbocycles. The first kappa shape index (κ1) is 14.5. The minimum absolute atomic E-state index is 0.0194. The van der Waals surface area contributed by atoms with Crippen molar-refractivity contribution in [3.63, 3.8) is 0 Å². The highest BCUT2D eigenvalue weighted by Gasteiger charge is 2.22. The molecule has 0 unspecified atom stereocenters. The van der Waals surface area contributed by atoms with Crippen molar-refractivity contribution < 1.29 is 9.72 Å². The van der Waals surface area contributed by atoms with E-state index in [9.17, 15) is 14.9 Å². The van der Waals surface area contributed by atoms with Gasteiger partial charge >= 0.3 is 0 Å². The maximum atomic E-state index is 12.3. The van der Waals surface area contributed by atoms with Crippen LogP contribution in [0.15, 0.2) is 35.7 Å². The number of hydrogen-bond acceptors (Lipinski definition) is 5. The van der Waals surface area contributed by atoms with E-state index in [-0.39, 0.29) is 18.1 Å². The fourth-order valence-corrected chi connectivity index (χ4v) is 3.42. The van der Waals surface area contributed by atoms with E-state index >= 15 is 0 Å². The molecule has 0 fully saturated rings. The lowest BCUT2D eigenvalue weighted by atomic mass is 10.1. The Morgan fingerprint density at radius 1 is 1.36 bits per heavy atom. The Hall–Kier alpha value is -2.41. The maximum Gasteiger partial charge on any atom is 0.292 e. The van der Waals surface area contributed by atoms with Gasteiger partial charge in [-0.2, -0.15) is 0 Å². The van der Waals surface area contributed by atoms with E-state index < -0.39 is 4.92 Å². The van der Waals surface area contributed by atoms with Crippen LogP contribution in [0.3, 0.4) is 0 Å². The summed E-state index contributed by atoms with van der Waals surface area (Å²) in [6, 6.07) is 8.39. The Labute approximate surface area is 131 Å². The summed E-state index contributed by atoms with van der Waals surface area (Å²) in [5.41, 5.74) is 1.55. The summed E-state index contributed by atoms with van der Waals surface area (Å²) < 4.78 is 0. The third-order valence-electron chi connectivity index (χ3n) is 3.69. The minimum Gasteiger partial charge on any atom is -0.371 e. The molecular formula is C15H15N3O3S. The van der Waals surface area contributed by atoms with E-state index in [0.29, 0.717) is 18.8 Å². The SMILES string of the molecule is O=C(CNc1ccccc1[N+](=O)[O-])N1CCc2sccc2C1. The fraction of sp³-hybridized carbons (Fsp3) is 0.267. The van der Waals surface area contributed by atoms with Crippen LogP contribution in [0, 0.1) is 10.1 Å². The highest BCUT2D eigenvalue weighted by molar-refractivity contribution is 7.10. The number of benzene rings is 1. The van der Waals surface area contributed by atoms with E-state index in [0.717, 1.165) is 6.42 Å². The molecule has 0 saturated heterocycles. The van der Waals surface area contributed by atoms with E-state index in [1.165, 1.54) is 16.5 Å². The van der Waals surface area contributed by atoms with Gasteiger partial charge in [0.15, 0.2) is 0 Å². The van der Waals surface area contributed by atoms with Crippen LogP contribution in [-0.4, -0.2) is 28.8 Å². The number of rotatable bonds is 4. The van der Waals surface area contributed by atoms with E-state index in [1.54, 1.807) is 34.4 Å². The number of para-hydroxylation sites is 2. The van der Waals surface area contributed by atoms with E-state index in [4.69, 9.17) is 0 Å². The number of anilines is 1. The van der Waals surface area contributed by atoms with Crippen molar-refractivity contribution in [1.82, 2.24) is 4.90 Å². The van der Waals surface area contributed by atoms with Crippen LogP contribution in [0.25, 0.3) is 0 Å². The zero-order valence-electron chi connectivity index (χ0n) is 11.8. The monoisotopic (exact) mass is 317 g/mol. The van der Waals surface area contributed by atoms with Gasteiger partial charge in [-0.3, -0.25) is 14.9 Å². The summed E-state index contributed by atoms with van der Waals surface area (Å²) in [7, 11) is 0. The predicted octanol–water partition coefficient (Wildman–Crippen LogP) is 2.65. The molecule has 0 bridgehead atoms. The molecule has 0 radical (unpaired) electrons. The zero-order valence-corrected chi connectivity index (χ0v) is 12.6. The van der Waals surface area contributed by atoms with Crippen LogP contribution >= 0.6 is 11.3 Å². The Morgan fingerprint density at radius 3 is 3.00 bits per heavy atom. The number of nitro groups is 1. The number of carbonyl (C=O) groups excluding carboxylic acids is 1. The number of nitro benzene ring substituents is 1.